The molecule has 1 aromatic carbocycles. The Hall–Kier alpha value is -0.560. The van der Waals surface area contributed by atoms with Crippen molar-refractivity contribution in [3.63, 3.8) is 0 Å². The van der Waals surface area contributed by atoms with E-state index in [2.05, 4.69) is 0 Å². The zero-order chi connectivity index (χ0) is 18.9. The number of rotatable bonds is 3. The molecule has 4 rings (SSSR count). The summed E-state index contributed by atoms with van der Waals surface area (Å²) in [6, 6.07) is 4.50. The Morgan fingerprint density at radius 3 is 1.85 bits per heavy atom. The molecule has 2 fully saturated rings. The first-order chi connectivity index (χ1) is 13.0. The van der Waals surface area contributed by atoms with Crippen molar-refractivity contribution in [2.24, 2.45) is 0 Å². The van der Waals surface area contributed by atoms with Crippen molar-refractivity contribution in [1.29, 1.82) is 0 Å². The van der Waals surface area contributed by atoms with Gasteiger partial charge in [-0.1, -0.05) is 52.5 Å². The average Bonchev–Trinajstić information content (AvgIpc) is 2.69. The molecule has 0 amide bonds. The van der Waals surface area contributed by atoms with E-state index in [1.807, 2.05) is 0 Å². The van der Waals surface area contributed by atoms with Gasteiger partial charge in [-0.05, 0) is 85.2 Å². The summed E-state index contributed by atoms with van der Waals surface area (Å²) in [5.74, 6) is 0. The Morgan fingerprint density at radius 2 is 1.30 bits per heavy atom. The van der Waals surface area contributed by atoms with Crippen molar-refractivity contribution in [1.82, 2.24) is 0 Å². The zero-order valence-electron chi connectivity index (χ0n) is 16.2. The van der Waals surface area contributed by atoms with Crippen LogP contribution in [-0.2, 0) is 19.0 Å². The highest BCUT2D eigenvalue weighted by atomic mass is 31.1. The maximum Gasteiger partial charge on any atom is 0.416 e. The van der Waals surface area contributed by atoms with Gasteiger partial charge in [-0.3, -0.25) is 0 Å². The monoisotopic (exact) mass is 396 g/mol. The lowest BCUT2D eigenvalue weighted by Gasteiger charge is -2.44. The van der Waals surface area contributed by atoms with E-state index in [9.17, 15) is 13.2 Å². The second-order valence-electron chi connectivity index (χ2n) is 8.91. The maximum atomic E-state index is 13.2. The van der Waals surface area contributed by atoms with Crippen molar-refractivity contribution < 1.29 is 13.2 Å². The minimum absolute atomic E-state index is 0.0586. The molecule has 1 unspecified atom stereocenters. The SMILES string of the molecule is FC(F)(F)c1ccc2c(c1)CC(P(C1CCCCC1)C1CCCCC1)CC2. The summed E-state index contributed by atoms with van der Waals surface area (Å²) in [4.78, 5) is 0. The lowest BCUT2D eigenvalue weighted by Crippen LogP contribution is -2.30. The molecule has 0 nitrogen and oxygen atoms in total. The van der Waals surface area contributed by atoms with Gasteiger partial charge >= 0.3 is 6.18 Å². The van der Waals surface area contributed by atoms with E-state index in [1.54, 1.807) is 6.07 Å². The highest BCUT2D eigenvalue weighted by Gasteiger charge is 2.38. The molecule has 4 heteroatoms. The summed E-state index contributed by atoms with van der Waals surface area (Å²) in [5.41, 5.74) is 4.13. The zero-order valence-corrected chi connectivity index (χ0v) is 17.1. The summed E-state index contributed by atoms with van der Waals surface area (Å²) in [5, 5.41) is 0. The van der Waals surface area contributed by atoms with E-state index in [1.165, 1.54) is 88.3 Å². The fraction of sp³-hybridized carbons (Fsp3) is 0.739. The van der Waals surface area contributed by atoms with Gasteiger partial charge < -0.3 is 0 Å². The van der Waals surface area contributed by atoms with Crippen molar-refractivity contribution in [2.75, 3.05) is 0 Å². The lowest BCUT2D eigenvalue weighted by molar-refractivity contribution is -0.137. The Kier molecular flexibility index (Phi) is 6.17. The molecule has 0 heterocycles. The van der Waals surface area contributed by atoms with E-state index in [0.717, 1.165) is 29.7 Å². The van der Waals surface area contributed by atoms with Gasteiger partial charge in [0, 0.05) is 0 Å². The second-order valence-corrected chi connectivity index (χ2v) is 12.0. The van der Waals surface area contributed by atoms with Crippen LogP contribution in [0.3, 0.4) is 0 Å². The Balaban J connectivity index is 1.57. The van der Waals surface area contributed by atoms with Gasteiger partial charge in [0.2, 0.25) is 0 Å². The van der Waals surface area contributed by atoms with Gasteiger partial charge in [0.15, 0.2) is 0 Å². The maximum absolute atomic E-state index is 13.2. The first kappa shape index (κ1) is 19.7. The minimum Gasteiger partial charge on any atom is -0.166 e. The fourth-order valence-electron chi connectivity index (χ4n) is 5.82. The van der Waals surface area contributed by atoms with Gasteiger partial charge in [-0.15, -0.1) is 0 Å². The molecule has 2 saturated carbocycles. The highest BCUT2D eigenvalue weighted by molar-refractivity contribution is 7.60. The van der Waals surface area contributed by atoms with E-state index in [0.29, 0.717) is 5.66 Å². The van der Waals surface area contributed by atoms with Crippen LogP contribution in [0.2, 0.25) is 0 Å². The standard InChI is InChI=1S/C23H32F3P/c24-23(25,26)19-13-11-17-12-14-22(16-18(17)15-19)27(20-7-3-1-4-8-20)21-9-5-2-6-10-21/h11,13,15,20-22H,1-10,12,14,16H2. The summed E-state index contributed by atoms with van der Waals surface area (Å²) in [7, 11) is -0.0586. The van der Waals surface area contributed by atoms with Crippen LogP contribution in [0.15, 0.2) is 18.2 Å². The Bertz CT molecular complexity index is 609. The molecule has 3 aliphatic rings. The molecule has 3 aliphatic carbocycles. The third-order valence-corrected chi connectivity index (χ3v) is 11.2. The van der Waals surface area contributed by atoms with E-state index < -0.39 is 11.7 Å². The Labute approximate surface area is 163 Å². The fourth-order valence-corrected chi connectivity index (χ4v) is 10.4. The normalized spacial score (nSPS) is 25.6. The van der Waals surface area contributed by atoms with Crippen LogP contribution in [0, 0.1) is 0 Å². The molecule has 0 bridgehead atoms. The minimum atomic E-state index is -4.22. The largest absolute Gasteiger partial charge is 0.416 e. The van der Waals surface area contributed by atoms with Crippen LogP contribution in [0.1, 0.15) is 87.3 Å². The number of hydrogen-bond donors (Lipinski definition) is 0. The number of aryl methyl sites for hydroxylation is 1. The van der Waals surface area contributed by atoms with Gasteiger partial charge in [-0.25, -0.2) is 0 Å². The van der Waals surface area contributed by atoms with Crippen LogP contribution >= 0.6 is 7.92 Å². The predicted molar refractivity (Wildman–Crippen MR) is 108 cm³/mol. The molecule has 27 heavy (non-hydrogen) atoms. The summed E-state index contributed by atoms with van der Waals surface area (Å²) in [6.45, 7) is 0. The van der Waals surface area contributed by atoms with E-state index >= 15 is 0 Å². The third kappa shape index (κ3) is 4.55. The summed E-state index contributed by atoms with van der Waals surface area (Å²) in [6.07, 6.45) is 12.7. The second kappa shape index (κ2) is 8.44. The Morgan fingerprint density at radius 1 is 0.704 bits per heavy atom. The first-order valence-electron chi connectivity index (χ1n) is 11.0. The number of halogens is 3. The van der Waals surface area contributed by atoms with Crippen LogP contribution in [0.25, 0.3) is 0 Å². The van der Waals surface area contributed by atoms with E-state index in [4.69, 9.17) is 0 Å². The van der Waals surface area contributed by atoms with Crippen LogP contribution in [0.4, 0.5) is 13.2 Å². The molecule has 0 N–H and O–H groups in total. The molecule has 0 radical (unpaired) electrons. The molecule has 1 atom stereocenters. The van der Waals surface area contributed by atoms with Crippen molar-refractivity contribution in [3.8, 4) is 0 Å². The predicted octanol–water partition coefficient (Wildman–Crippen LogP) is 7.71. The van der Waals surface area contributed by atoms with Crippen LogP contribution in [0.5, 0.6) is 0 Å². The lowest BCUT2D eigenvalue weighted by atomic mass is 9.90. The number of hydrogen-bond acceptors (Lipinski definition) is 0. The summed E-state index contributed by atoms with van der Waals surface area (Å²) >= 11 is 0. The molecular formula is C23H32F3P. The quantitative estimate of drug-likeness (QED) is 0.459. The van der Waals surface area contributed by atoms with Crippen molar-refractivity contribution in [3.05, 3.63) is 34.9 Å². The molecular weight excluding hydrogens is 364 g/mol. The van der Waals surface area contributed by atoms with Crippen molar-refractivity contribution in [2.45, 2.75) is 107 Å². The first-order valence-corrected chi connectivity index (χ1v) is 12.5. The molecule has 0 saturated heterocycles. The topological polar surface area (TPSA) is 0 Å². The van der Waals surface area contributed by atoms with E-state index in [-0.39, 0.29) is 7.92 Å². The number of fused-ring (bicyclic) bond motifs is 1. The smallest absolute Gasteiger partial charge is 0.166 e. The molecule has 1 aromatic rings. The summed E-state index contributed by atoms with van der Waals surface area (Å²) < 4.78 is 39.6. The number of benzene rings is 1. The van der Waals surface area contributed by atoms with Gasteiger partial charge in [0.25, 0.3) is 0 Å². The molecule has 0 aromatic heterocycles. The van der Waals surface area contributed by atoms with Crippen LogP contribution < -0.4 is 0 Å². The van der Waals surface area contributed by atoms with Crippen molar-refractivity contribution >= 4 is 7.92 Å². The van der Waals surface area contributed by atoms with Gasteiger partial charge in [-0.2, -0.15) is 13.2 Å². The average molecular weight is 396 g/mol. The highest BCUT2D eigenvalue weighted by Crippen LogP contribution is 2.61. The third-order valence-electron chi connectivity index (χ3n) is 7.15. The molecule has 150 valence electrons. The molecule has 0 spiro atoms. The number of alkyl halides is 3. The van der Waals surface area contributed by atoms with Gasteiger partial charge in [0.05, 0.1) is 5.56 Å². The van der Waals surface area contributed by atoms with Crippen LogP contribution in [-0.4, -0.2) is 17.0 Å². The van der Waals surface area contributed by atoms with Gasteiger partial charge in [0.1, 0.15) is 0 Å². The molecule has 0 aliphatic heterocycles.